The molecule has 2 rings (SSSR count). The van der Waals surface area contributed by atoms with Crippen LogP contribution in [0.5, 0.6) is 0 Å². The van der Waals surface area contributed by atoms with Crippen molar-refractivity contribution in [3.8, 4) is 0 Å². The van der Waals surface area contributed by atoms with Crippen LogP contribution in [-0.4, -0.2) is 14.5 Å². The molecule has 0 aromatic carbocycles. The Bertz CT molecular complexity index is 377. The van der Waals surface area contributed by atoms with E-state index in [-0.39, 0.29) is 6.61 Å². The SMILES string of the molecule is Cc1cn2c(CO)cnc2s1. The molecule has 58 valence electrons. The number of imidazole rings is 1. The molecule has 0 atom stereocenters. The molecule has 0 spiro atoms. The Morgan fingerprint density at radius 2 is 2.55 bits per heavy atom. The summed E-state index contributed by atoms with van der Waals surface area (Å²) >= 11 is 1.63. The van der Waals surface area contributed by atoms with Crippen LogP contribution in [0.3, 0.4) is 0 Å². The van der Waals surface area contributed by atoms with Crippen LogP contribution >= 0.6 is 11.3 Å². The van der Waals surface area contributed by atoms with Gasteiger partial charge in [0.25, 0.3) is 0 Å². The molecule has 0 unspecified atom stereocenters. The van der Waals surface area contributed by atoms with Crippen molar-refractivity contribution in [2.45, 2.75) is 13.5 Å². The first-order valence-corrected chi connectivity index (χ1v) is 4.16. The number of aliphatic hydroxyl groups is 1. The van der Waals surface area contributed by atoms with Crippen LogP contribution in [0, 0.1) is 6.92 Å². The smallest absolute Gasteiger partial charge is 0.194 e. The zero-order chi connectivity index (χ0) is 7.84. The van der Waals surface area contributed by atoms with Crippen molar-refractivity contribution in [1.82, 2.24) is 9.38 Å². The van der Waals surface area contributed by atoms with Crippen molar-refractivity contribution in [3.05, 3.63) is 23.0 Å². The third-order valence-electron chi connectivity index (χ3n) is 1.56. The number of fused-ring (bicyclic) bond motifs is 1. The Labute approximate surface area is 67.9 Å². The lowest BCUT2D eigenvalue weighted by molar-refractivity contribution is 0.276. The van der Waals surface area contributed by atoms with Gasteiger partial charge < -0.3 is 5.11 Å². The summed E-state index contributed by atoms with van der Waals surface area (Å²) in [5.41, 5.74) is 0.851. The van der Waals surface area contributed by atoms with Crippen molar-refractivity contribution in [3.63, 3.8) is 0 Å². The molecule has 2 aromatic heterocycles. The lowest BCUT2D eigenvalue weighted by Crippen LogP contribution is -1.87. The molecular weight excluding hydrogens is 160 g/mol. The monoisotopic (exact) mass is 168 g/mol. The van der Waals surface area contributed by atoms with Crippen molar-refractivity contribution in [2.75, 3.05) is 0 Å². The molecule has 0 aliphatic rings. The van der Waals surface area contributed by atoms with Crippen LogP contribution < -0.4 is 0 Å². The molecule has 0 saturated heterocycles. The van der Waals surface area contributed by atoms with Gasteiger partial charge in [-0.05, 0) is 6.92 Å². The molecule has 0 amide bonds. The standard InChI is InChI=1S/C7H8N2OS/c1-5-3-9-6(4-10)2-8-7(9)11-5/h2-3,10H,4H2,1H3. The summed E-state index contributed by atoms with van der Waals surface area (Å²) in [5.74, 6) is 0. The van der Waals surface area contributed by atoms with Gasteiger partial charge >= 0.3 is 0 Å². The molecule has 0 saturated carbocycles. The average molecular weight is 168 g/mol. The minimum Gasteiger partial charge on any atom is -0.390 e. The zero-order valence-corrected chi connectivity index (χ0v) is 6.93. The number of aliphatic hydroxyl groups excluding tert-OH is 1. The highest BCUT2D eigenvalue weighted by molar-refractivity contribution is 7.16. The molecule has 0 aliphatic heterocycles. The summed E-state index contributed by atoms with van der Waals surface area (Å²) in [6.07, 6.45) is 3.68. The van der Waals surface area contributed by atoms with E-state index in [9.17, 15) is 0 Å². The summed E-state index contributed by atoms with van der Waals surface area (Å²) in [7, 11) is 0. The summed E-state index contributed by atoms with van der Waals surface area (Å²) in [5, 5.41) is 8.88. The quantitative estimate of drug-likeness (QED) is 0.694. The molecule has 2 heterocycles. The van der Waals surface area contributed by atoms with Crippen LogP contribution in [-0.2, 0) is 6.61 Å². The van der Waals surface area contributed by atoms with E-state index < -0.39 is 0 Å². The van der Waals surface area contributed by atoms with Gasteiger partial charge in [0.15, 0.2) is 4.96 Å². The zero-order valence-electron chi connectivity index (χ0n) is 6.11. The maximum absolute atomic E-state index is 8.88. The Kier molecular flexibility index (Phi) is 1.44. The second-order valence-electron chi connectivity index (χ2n) is 2.40. The number of nitrogens with zero attached hydrogens (tertiary/aromatic N) is 2. The first-order chi connectivity index (χ1) is 5.31. The van der Waals surface area contributed by atoms with Gasteiger partial charge in [-0.25, -0.2) is 4.98 Å². The van der Waals surface area contributed by atoms with E-state index in [0.717, 1.165) is 10.7 Å². The molecule has 0 bridgehead atoms. The molecule has 2 aromatic rings. The lowest BCUT2D eigenvalue weighted by atomic mass is 10.5. The summed E-state index contributed by atoms with van der Waals surface area (Å²) in [6, 6.07) is 0. The molecule has 11 heavy (non-hydrogen) atoms. The first-order valence-electron chi connectivity index (χ1n) is 3.34. The highest BCUT2D eigenvalue weighted by Gasteiger charge is 2.03. The third kappa shape index (κ3) is 0.948. The largest absolute Gasteiger partial charge is 0.390 e. The van der Waals surface area contributed by atoms with E-state index in [1.807, 2.05) is 17.5 Å². The van der Waals surface area contributed by atoms with Crippen LogP contribution in [0.2, 0.25) is 0 Å². The van der Waals surface area contributed by atoms with E-state index in [1.165, 1.54) is 4.88 Å². The molecule has 1 N–H and O–H groups in total. The second-order valence-corrected chi connectivity index (χ2v) is 3.62. The number of aryl methyl sites for hydroxylation is 1. The fourth-order valence-electron chi connectivity index (χ4n) is 1.06. The molecule has 0 fully saturated rings. The predicted octanol–water partition coefficient (Wildman–Crippen LogP) is 1.20. The third-order valence-corrected chi connectivity index (χ3v) is 2.48. The normalized spacial score (nSPS) is 11.1. The number of rotatable bonds is 1. The Balaban J connectivity index is 2.73. The Hall–Kier alpha value is -0.870. The van der Waals surface area contributed by atoms with E-state index >= 15 is 0 Å². The number of hydrogen-bond acceptors (Lipinski definition) is 3. The fourth-order valence-corrected chi connectivity index (χ4v) is 1.88. The first kappa shape index (κ1) is 6.82. The van der Waals surface area contributed by atoms with Gasteiger partial charge in [-0.3, -0.25) is 4.40 Å². The van der Waals surface area contributed by atoms with Crippen molar-refractivity contribution in [1.29, 1.82) is 0 Å². The van der Waals surface area contributed by atoms with Gasteiger partial charge in [-0.2, -0.15) is 0 Å². The number of hydrogen-bond donors (Lipinski definition) is 1. The fraction of sp³-hybridized carbons (Fsp3) is 0.286. The minimum atomic E-state index is 0.0529. The van der Waals surface area contributed by atoms with Crippen LogP contribution in [0.1, 0.15) is 10.6 Å². The summed E-state index contributed by atoms with van der Waals surface area (Å²) < 4.78 is 1.92. The Morgan fingerprint density at radius 3 is 3.27 bits per heavy atom. The maximum Gasteiger partial charge on any atom is 0.194 e. The predicted molar refractivity (Wildman–Crippen MR) is 43.7 cm³/mol. The van der Waals surface area contributed by atoms with Crippen molar-refractivity contribution < 1.29 is 5.11 Å². The van der Waals surface area contributed by atoms with Gasteiger partial charge in [0.2, 0.25) is 0 Å². The van der Waals surface area contributed by atoms with Gasteiger partial charge in [-0.15, -0.1) is 11.3 Å². The minimum absolute atomic E-state index is 0.0529. The highest BCUT2D eigenvalue weighted by atomic mass is 32.1. The summed E-state index contributed by atoms with van der Waals surface area (Å²) in [4.78, 5) is 6.29. The van der Waals surface area contributed by atoms with E-state index in [2.05, 4.69) is 4.98 Å². The van der Waals surface area contributed by atoms with Crippen LogP contribution in [0.15, 0.2) is 12.4 Å². The molecule has 4 heteroatoms. The van der Waals surface area contributed by atoms with Gasteiger partial charge in [0, 0.05) is 11.1 Å². The highest BCUT2D eigenvalue weighted by Crippen LogP contribution is 2.17. The summed E-state index contributed by atoms with van der Waals surface area (Å²) in [6.45, 7) is 2.08. The second kappa shape index (κ2) is 2.32. The van der Waals surface area contributed by atoms with Crippen molar-refractivity contribution in [2.24, 2.45) is 0 Å². The average Bonchev–Trinajstić information content (AvgIpc) is 2.45. The van der Waals surface area contributed by atoms with Crippen molar-refractivity contribution >= 4 is 16.3 Å². The van der Waals surface area contributed by atoms with Crippen LogP contribution in [0.4, 0.5) is 0 Å². The molecular formula is C7H8N2OS. The van der Waals surface area contributed by atoms with Crippen LogP contribution in [0.25, 0.3) is 4.96 Å². The Morgan fingerprint density at radius 1 is 1.73 bits per heavy atom. The van der Waals surface area contributed by atoms with E-state index in [4.69, 9.17) is 5.11 Å². The van der Waals surface area contributed by atoms with Gasteiger partial charge in [0.1, 0.15) is 0 Å². The van der Waals surface area contributed by atoms with Gasteiger partial charge in [-0.1, -0.05) is 0 Å². The van der Waals surface area contributed by atoms with E-state index in [0.29, 0.717) is 0 Å². The lowest BCUT2D eigenvalue weighted by Gasteiger charge is -1.88. The number of aromatic nitrogens is 2. The number of thiazole rings is 1. The molecule has 0 aliphatic carbocycles. The molecule has 3 nitrogen and oxygen atoms in total. The molecule has 0 radical (unpaired) electrons. The van der Waals surface area contributed by atoms with Gasteiger partial charge in [0.05, 0.1) is 18.5 Å². The van der Waals surface area contributed by atoms with E-state index in [1.54, 1.807) is 17.5 Å². The maximum atomic E-state index is 8.88. The topological polar surface area (TPSA) is 37.5 Å².